The van der Waals surface area contributed by atoms with Crippen LogP contribution in [0.4, 0.5) is 5.82 Å². The number of benzene rings is 2. The zero-order chi connectivity index (χ0) is 23.6. The fourth-order valence-electron chi connectivity index (χ4n) is 3.51. The number of nitrogens with one attached hydrogen (secondary N) is 1. The first kappa shape index (κ1) is 24.0. The Morgan fingerprint density at radius 1 is 1.00 bits per heavy atom. The van der Waals surface area contributed by atoms with Crippen molar-refractivity contribution in [2.45, 2.75) is 40.0 Å². The van der Waals surface area contributed by atoms with E-state index < -0.39 is 0 Å². The number of hydrogen-bond donors (Lipinski definition) is 1. The summed E-state index contributed by atoms with van der Waals surface area (Å²) in [6.45, 7) is 7.56. The highest BCUT2D eigenvalue weighted by atomic mass is 16.5. The van der Waals surface area contributed by atoms with E-state index in [-0.39, 0.29) is 18.2 Å². The fourth-order valence-corrected chi connectivity index (χ4v) is 3.51. The minimum absolute atomic E-state index is 0.156. The van der Waals surface area contributed by atoms with E-state index in [2.05, 4.69) is 17.3 Å². The summed E-state index contributed by atoms with van der Waals surface area (Å²) >= 11 is 0. The summed E-state index contributed by atoms with van der Waals surface area (Å²) in [7, 11) is 0. The number of anilines is 1. The lowest BCUT2D eigenvalue weighted by Gasteiger charge is -2.19. The number of hydrogen-bond acceptors (Lipinski definition) is 4. The van der Waals surface area contributed by atoms with Crippen molar-refractivity contribution in [3.63, 3.8) is 0 Å². The third kappa shape index (κ3) is 6.22. The van der Waals surface area contributed by atoms with E-state index in [1.165, 1.54) is 11.8 Å². The molecule has 33 heavy (non-hydrogen) atoms. The minimum atomic E-state index is -0.189. The van der Waals surface area contributed by atoms with Crippen molar-refractivity contribution >= 4 is 17.6 Å². The van der Waals surface area contributed by atoms with E-state index in [9.17, 15) is 9.59 Å². The van der Waals surface area contributed by atoms with Gasteiger partial charge < -0.3 is 15.0 Å². The SMILES string of the molecule is CCc1ccc(OCCCC(=O)Nc2c(C(=O)N(CC)CC)cnn2-c2ccccc2)cc1. The van der Waals surface area contributed by atoms with Gasteiger partial charge in [-0.05, 0) is 56.5 Å². The molecule has 0 aliphatic carbocycles. The van der Waals surface area contributed by atoms with Gasteiger partial charge in [0.25, 0.3) is 5.91 Å². The topological polar surface area (TPSA) is 76.5 Å². The molecule has 3 rings (SSSR count). The lowest BCUT2D eigenvalue weighted by atomic mass is 10.2. The summed E-state index contributed by atoms with van der Waals surface area (Å²) in [5, 5.41) is 7.31. The molecule has 1 heterocycles. The maximum atomic E-state index is 13.0. The molecule has 0 unspecified atom stereocenters. The Labute approximate surface area is 195 Å². The van der Waals surface area contributed by atoms with Crippen LogP contribution in [0.1, 0.15) is 49.5 Å². The van der Waals surface area contributed by atoms with Crippen molar-refractivity contribution in [2.75, 3.05) is 25.0 Å². The molecule has 0 fully saturated rings. The standard InChI is InChI=1S/C26H32N4O3/c1-4-20-14-16-22(17-15-20)33-18-10-13-24(31)28-25-23(26(32)29(5-2)6-3)19-27-30(25)21-11-8-7-9-12-21/h7-9,11-12,14-17,19H,4-6,10,13,18H2,1-3H3,(H,28,31). The highest BCUT2D eigenvalue weighted by Gasteiger charge is 2.23. The molecule has 1 aromatic heterocycles. The number of ether oxygens (including phenoxy) is 1. The van der Waals surface area contributed by atoms with Crippen LogP contribution in [0.2, 0.25) is 0 Å². The average Bonchev–Trinajstić information content (AvgIpc) is 3.26. The van der Waals surface area contributed by atoms with E-state index in [4.69, 9.17) is 4.74 Å². The van der Waals surface area contributed by atoms with Crippen molar-refractivity contribution < 1.29 is 14.3 Å². The van der Waals surface area contributed by atoms with E-state index in [0.29, 0.717) is 37.5 Å². The molecular weight excluding hydrogens is 416 g/mol. The minimum Gasteiger partial charge on any atom is -0.494 e. The summed E-state index contributed by atoms with van der Waals surface area (Å²) < 4.78 is 7.35. The van der Waals surface area contributed by atoms with Crippen LogP contribution in [-0.4, -0.2) is 46.2 Å². The third-order valence-electron chi connectivity index (χ3n) is 5.46. The van der Waals surface area contributed by atoms with Crippen LogP contribution in [0.15, 0.2) is 60.8 Å². The summed E-state index contributed by atoms with van der Waals surface area (Å²) in [4.78, 5) is 27.5. The molecule has 1 N–H and O–H groups in total. The van der Waals surface area contributed by atoms with Crippen molar-refractivity contribution in [3.8, 4) is 11.4 Å². The first-order chi connectivity index (χ1) is 16.1. The van der Waals surface area contributed by atoms with Crippen LogP contribution in [0, 0.1) is 0 Å². The number of aromatic nitrogens is 2. The lowest BCUT2D eigenvalue weighted by Crippen LogP contribution is -2.31. The molecule has 0 saturated heterocycles. The van der Waals surface area contributed by atoms with Gasteiger partial charge in [-0.25, -0.2) is 4.68 Å². The van der Waals surface area contributed by atoms with E-state index in [1.807, 2.05) is 68.4 Å². The highest BCUT2D eigenvalue weighted by Crippen LogP contribution is 2.22. The Morgan fingerprint density at radius 3 is 2.33 bits per heavy atom. The maximum Gasteiger partial charge on any atom is 0.259 e. The molecule has 0 spiro atoms. The molecular formula is C26H32N4O3. The number of para-hydroxylation sites is 1. The van der Waals surface area contributed by atoms with Gasteiger partial charge in [0.1, 0.15) is 17.1 Å². The van der Waals surface area contributed by atoms with Gasteiger partial charge in [-0.3, -0.25) is 9.59 Å². The van der Waals surface area contributed by atoms with Gasteiger partial charge >= 0.3 is 0 Å². The van der Waals surface area contributed by atoms with Gasteiger partial charge in [-0.1, -0.05) is 37.3 Å². The molecule has 7 heteroatoms. The largest absolute Gasteiger partial charge is 0.494 e. The van der Waals surface area contributed by atoms with E-state index >= 15 is 0 Å². The van der Waals surface area contributed by atoms with Crippen LogP contribution in [-0.2, 0) is 11.2 Å². The summed E-state index contributed by atoms with van der Waals surface area (Å²) in [5.74, 6) is 0.837. The number of amides is 2. The van der Waals surface area contributed by atoms with Gasteiger partial charge in [0.2, 0.25) is 5.91 Å². The predicted molar refractivity (Wildman–Crippen MR) is 130 cm³/mol. The van der Waals surface area contributed by atoms with Gasteiger partial charge in [-0.15, -0.1) is 0 Å². The zero-order valence-corrected chi connectivity index (χ0v) is 19.6. The number of carbonyl (C=O) groups excluding carboxylic acids is 2. The average molecular weight is 449 g/mol. The Bertz CT molecular complexity index is 1040. The second kappa shape index (κ2) is 11.9. The molecule has 0 bridgehead atoms. The molecule has 3 aromatic rings. The molecule has 0 radical (unpaired) electrons. The molecule has 2 aromatic carbocycles. The number of rotatable bonds is 11. The van der Waals surface area contributed by atoms with Gasteiger partial charge in [0.15, 0.2) is 0 Å². The first-order valence-corrected chi connectivity index (χ1v) is 11.5. The predicted octanol–water partition coefficient (Wildman–Crippen LogP) is 4.71. The molecule has 2 amide bonds. The summed E-state index contributed by atoms with van der Waals surface area (Å²) in [6.07, 6.45) is 3.33. The smallest absolute Gasteiger partial charge is 0.259 e. The molecule has 174 valence electrons. The Hall–Kier alpha value is -3.61. The van der Waals surface area contributed by atoms with Crippen LogP contribution in [0.5, 0.6) is 5.75 Å². The quantitative estimate of drug-likeness (QED) is 0.431. The summed E-state index contributed by atoms with van der Waals surface area (Å²) in [6, 6.07) is 17.4. The summed E-state index contributed by atoms with van der Waals surface area (Å²) in [5.41, 5.74) is 2.40. The molecule has 0 aliphatic rings. The van der Waals surface area contributed by atoms with Gasteiger partial charge in [0.05, 0.1) is 18.5 Å². The Balaban J connectivity index is 1.67. The first-order valence-electron chi connectivity index (χ1n) is 11.5. The van der Waals surface area contributed by atoms with Crippen LogP contribution < -0.4 is 10.1 Å². The van der Waals surface area contributed by atoms with Crippen molar-refractivity contribution in [1.82, 2.24) is 14.7 Å². The van der Waals surface area contributed by atoms with E-state index in [0.717, 1.165) is 17.9 Å². The Morgan fingerprint density at radius 2 is 1.70 bits per heavy atom. The monoisotopic (exact) mass is 448 g/mol. The van der Waals surface area contributed by atoms with E-state index in [1.54, 1.807) is 9.58 Å². The van der Waals surface area contributed by atoms with Crippen molar-refractivity contribution in [1.29, 1.82) is 0 Å². The third-order valence-corrected chi connectivity index (χ3v) is 5.46. The lowest BCUT2D eigenvalue weighted by molar-refractivity contribution is -0.116. The number of carbonyl (C=O) groups is 2. The van der Waals surface area contributed by atoms with Crippen LogP contribution in [0.3, 0.4) is 0 Å². The molecule has 7 nitrogen and oxygen atoms in total. The molecule has 0 saturated carbocycles. The van der Waals surface area contributed by atoms with Gasteiger partial charge in [-0.2, -0.15) is 5.10 Å². The molecule has 0 atom stereocenters. The second-order valence-corrected chi connectivity index (χ2v) is 7.63. The second-order valence-electron chi connectivity index (χ2n) is 7.63. The fraction of sp³-hybridized carbons (Fsp3) is 0.346. The van der Waals surface area contributed by atoms with Crippen LogP contribution in [0.25, 0.3) is 5.69 Å². The maximum absolute atomic E-state index is 13.0. The number of nitrogens with zero attached hydrogens (tertiary/aromatic N) is 3. The Kier molecular flexibility index (Phi) is 8.63. The molecule has 0 aliphatic heterocycles. The zero-order valence-electron chi connectivity index (χ0n) is 19.6. The highest BCUT2D eigenvalue weighted by molar-refractivity contribution is 6.03. The number of aryl methyl sites for hydroxylation is 1. The van der Waals surface area contributed by atoms with Gasteiger partial charge in [0, 0.05) is 19.5 Å². The van der Waals surface area contributed by atoms with Crippen LogP contribution >= 0.6 is 0 Å². The van der Waals surface area contributed by atoms with Crippen molar-refractivity contribution in [2.24, 2.45) is 0 Å². The normalized spacial score (nSPS) is 10.6. The van der Waals surface area contributed by atoms with Crippen molar-refractivity contribution in [3.05, 3.63) is 71.9 Å².